The predicted octanol–water partition coefficient (Wildman–Crippen LogP) is 17.1. The first-order valence-corrected chi connectivity index (χ1v) is 24.9. The Morgan fingerprint density at radius 2 is 0.500 bits per heavy atom. The molecule has 2 aromatic carbocycles. The van der Waals surface area contributed by atoms with Crippen LogP contribution in [-0.4, -0.2) is 32.0 Å². The van der Waals surface area contributed by atoms with Crippen LogP contribution in [0.25, 0.3) is 0 Å². The number of ketones is 1. The van der Waals surface area contributed by atoms with Gasteiger partial charge >= 0.3 is 0 Å². The van der Waals surface area contributed by atoms with Gasteiger partial charge in [0.05, 0.1) is 0 Å². The lowest BCUT2D eigenvalue weighted by molar-refractivity contribution is 0.103. The summed E-state index contributed by atoms with van der Waals surface area (Å²) >= 11 is 0. The molecule has 0 amide bonds. The largest absolute Gasteiger partial charge is 0.372 e. The highest BCUT2D eigenvalue weighted by Gasteiger charge is 2.13. The van der Waals surface area contributed by atoms with Gasteiger partial charge in [-0.25, -0.2) is 0 Å². The lowest BCUT2D eigenvalue weighted by atomic mass is 10.0. The van der Waals surface area contributed by atoms with Crippen LogP contribution in [0.1, 0.15) is 249 Å². The van der Waals surface area contributed by atoms with E-state index in [0.717, 1.165) is 37.3 Å². The molecule has 320 valence electrons. The van der Waals surface area contributed by atoms with E-state index in [1.54, 1.807) is 0 Å². The van der Waals surface area contributed by atoms with Gasteiger partial charge in [0.15, 0.2) is 5.78 Å². The number of anilines is 2. The van der Waals surface area contributed by atoms with Gasteiger partial charge in [-0.2, -0.15) is 0 Å². The molecule has 2 aromatic rings. The van der Waals surface area contributed by atoms with Crippen molar-refractivity contribution in [1.29, 1.82) is 0 Å². The highest BCUT2D eigenvalue weighted by Crippen LogP contribution is 2.23. The Balaban J connectivity index is 1.94. The van der Waals surface area contributed by atoms with Gasteiger partial charge in [0.25, 0.3) is 0 Å². The van der Waals surface area contributed by atoms with E-state index < -0.39 is 0 Å². The SMILES string of the molecule is CCCCCCCCCCCCN(CCCCCCCC)c1ccc(C(=O)c2ccc(N(CCCCCCCC)CCCCCCCCCCCC)cc2)cc1. The van der Waals surface area contributed by atoms with Gasteiger partial charge in [0.1, 0.15) is 0 Å². The fourth-order valence-corrected chi connectivity index (χ4v) is 8.30. The van der Waals surface area contributed by atoms with Crippen molar-refractivity contribution in [3.63, 3.8) is 0 Å². The highest BCUT2D eigenvalue weighted by atomic mass is 16.1. The summed E-state index contributed by atoms with van der Waals surface area (Å²) in [6.07, 6.45) is 43.3. The van der Waals surface area contributed by atoms with E-state index >= 15 is 0 Å². The summed E-state index contributed by atoms with van der Waals surface area (Å²) in [5, 5.41) is 0. The molecule has 0 saturated heterocycles. The summed E-state index contributed by atoms with van der Waals surface area (Å²) in [6, 6.07) is 17.2. The van der Waals surface area contributed by atoms with Gasteiger partial charge in [0, 0.05) is 48.7 Å². The lowest BCUT2D eigenvalue weighted by Crippen LogP contribution is -2.26. The molecule has 0 aliphatic carbocycles. The number of hydrogen-bond acceptors (Lipinski definition) is 3. The summed E-state index contributed by atoms with van der Waals surface area (Å²) in [6.45, 7) is 13.7. The van der Waals surface area contributed by atoms with E-state index in [2.05, 4.69) is 86.0 Å². The van der Waals surface area contributed by atoms with Crippen molar-refractivity contribution >= 4 is 17.2 Å². The van der Waals surface area contributed by atoms with Crippen LogP contribution in [0, 0.1) is 0 Å². The fourth-order valence-electron chi connectivity index (χ4n) is 8.30. The summed E-state index contributed by atoms with van der Waals surface area (Å²) in [5.74, 6) is 0.137. The maximum atomic E-state index is 13.7. The topological polar surface area (TPSA) is 23.6 Å². The first-order chi connectivity index (χ1) is 27.6. The molecule has 0 bridgehead atoms. The van der Waals surface area contributed by atoms with Gasteiger partial charge in [-0.15, -0.1) is 0 Å². The fraction of sp³-hybridized carbons (Fsp3) is 0.755. The first-order valence-electron chi connectivity index (χ1n) is 24.9. The molecular formula is C53H92N2O. The van der Waals surface area contributed by atoms with Gasteiger partial charge in [0.2, 0.25) is 0 Å². The minimum absolute atomic E-state index is 0.137. The molecule has 2 rings (SSSR count). The Morgan fingerprint density at radius 1 is 0.304 bits per heavy atom. The van der Waals surface area contributed by atoms with E-state index in [4.69, 9.17) is 0 Å². The quantitative estimate of drug-likeness (QED) is 0.0498. The van der Waals surface area contributed by atoms with Crippen molar-refractivity contribution in [3.8, 4) is 0 Å². The Bertz CT molecular complexity index is 1050. The van der Waals surface area contributed by atoms with Crippen molar-refractivity contribution in [2.24, 2.45) is 0 Å². The second kappa shape index (κ2) is 35.8. The Hall–Kier alpha value is -2.29. The van der Waals surface area contributed by atoms with Crippen molar-refractivity contribution < 1.29 is 4.79 Å². The van der Waals surface area contributed by atoms with Crippen LogP contribution >= 0.6 is 0 Å². The molecule has 0 N–H and O–H groups in total. The van der Waals surface area contributed by atoms with Gasteiger partial charge in [-0.1, -0.05) is 207 Å². The average Bonchev–Trinajstić information content (AvgIpc) is 3.23. The molecule has 3 heteroatoms. The van der Waals surface area contributed by atoms with Crippen LogP contribution in [0.3, 0.4) is 0 Å². The molecule has 0 unspecified atom stereocenters. The van der Waals surface area contributed by atoms with Crippen molar-refractivity contribution in [3.05, 3.63) is 59.7 Å². The Kier molecular flexibility index (Phi) is 31.9. The third-order valence-corrected chi connectivity index (χ3v) is 12.1. The van der Waals surface area contributed by atoms with Crippen LogP contribution < -0.4 is 9.80 Å². The molecule has 0 aromatic heterocycles. The number of hydrogen-bond donors (Lipinski definition) is 0. The van der Waals surface area contributed by atoms with Crippen molar-refractivity contribution in [2.45, 2.75) is 233 Å². The third kappa shape index (κ3) is 24.5. The van der Waals surface area contributed by atoms with E-state index in [1.807, 2.05) is 0 Å². The lowest BCUT2D eigenvalue weighted by Gasteiger charge is -2.26. The van der Waals surface area contributed by atoms with E-state index in [1.165, 1.54) is 217 Å². The third-order valence-electron chi connectivity index (χ3n) is 12.1. The van der Waals surface area contributed by atoms with Crippen LogP contribution in [-0.2, 0) is 0 Å². The van der Waals surface area contributed by atoms with Gasteiger partial charge in [-0.05, 0) is 74.2 Å². The summed E-state index contributed by atoms with van der Waals surface area (Å²) < 4.78 is 0. The Labute approximate surface area is 349 Å². The number of benzene rings is 2. The van der Waals surface area contributed by atoms with Gasteiger partial charge in [-0.3, -0.25) is 4.79 Å². The van der Waals surface area contributed by atoms with E-state index in [-0.39, 0.29) is 5.78 Å². The molecule has 0 spiro atoms. The molecule has 56 heavy (non-hydrogen) atoms. The van der Waals surface area contributed by atoms with Crippen LogP contribution in [0.15, 0.2) is 48.5 Å². The summed E-state index contributed by atoms with van der Waals surface area (Å²) in [4.78, 5) is 18.9. The number of carbonyl (C=O) groups excluding carboxylic acids is 1. The zero-order chi connectivity index (χ0) is 40.2. The number of nitrogens with zero attached hydrogens (tertiary/aromatic N) is 2. The molecule has 0 aliphatic rings. The van der Waals surface area contributed by atoms with Crippen LogP contribution in [0.2, 0.25) is 0 Å². The van der Waals surface area contributed by atoms with E-state index in [9.17, 15) is 4.79 Å². The smallest absolute Gasteiger partial charge is 0.193 e. The molecule has 0 radical (unpaired) electrons. The summed E-state index contributed by atoms with van der Waals surface area (Å²) in [7, 11) is 0. The van der Waals surface area contributed by atoms with Crippen LogP contribution in [0.4, 0.5) is 11.4 Å². The molecule has 0 aliphatic heterocycles. The zero-order valence-electron chi connectivity index (χ0n) is 37.9. The van der Waals surface area contributed by atoms with Crippen LogP contribution in [0.5, 0.6) is 0 Å². The number of carbonyl (C=O) groups is 1. The zero-order valence-corrected chi connectivity index (χ0v) is 37.9. The maximum Gasteiger partial charge on any atom is 0.193 e. The minimum Gasteiger partial charge on any atom is -0.372 e. The second-order valence-electron chi connectivity index (χ2n) is 17.3. The molecule has 0 atom stereocenters. The predicted molar refractivity (Wildman–Crippen MR) is 251 cm³/mol. The van der Waals surface area contributed by atoms with Crippen molar-refractivity contribution in [1.82, 2.24) is 0 Å². The summed E-state index contributed by atoms with van der Waals surface area (Å²) in [5.41, 5.74) is 4.15. The molecule has 3 nitrogen and oxygen atoms in total. The highest BCUT2D eigenvalue weighted by molar-refractivity contribution is 6.09. The molecule has 0 heterocycles. The minimum atomic E-state index is 0.137. The number of rotatable bonds is 40. The molecule has 0 fully saturated rings. The molecular weight excluding hydrogens is 681 g/mol. The normalized spacial score (nSPS) is 11.4. The van der Waals surface area contributed by atoms with Crippen molar-refractivity contribution in [2.75, 3.05) is 36.0 Å². The second-order valence-corrected chi connectivity index (χ2v) is 17.3. The van der Waals surface area contributed by atoms with Gasteiger partial charge < -0.3 is 9.80 Å². The maximum absolute atomic E-state index is 13.7. The molecule has 0 saturated carbocycles. The Morgan fingerprint density at radius 3 is 0.714 bits per heavy atom. The van der Waals surface area contributed by atoms with E-state index in [0.29, 0.717) is 0 Å². The first kappa shape index (κ1) is 49.9. The standard InChI is InChI=1S/C53H92N2O/c1-5-9-13-17-21-23-25-27-31-35-47-54(45-33-29-19-15-11-7-3)51-41-37-49(38-42-51)53(56)50-39-43-52(44-40-50)55(46-34-30-20-16-12-8-4)48-36-32-28-26-24-22-18-14-10-6-2/h37-44H,5-36,45-48H2,1-4H3. The average molecular weight is 773 g/mol. The monoisotopic (exact) mass is 773 g/mol. The number of unbranched alkanes of at least 4 members (excludes halogenated alkanes) is 28.